The molecule has 0 saturated carbocycles. The molecule has 2 aromatic rings. The van der Waals surface area contributed by atoms with Crippen molar-refractivity contribution in [2.45, 2.75) is 26.3 Å². The van der Waals surface area contributed by atoms with Crippen molar-refractivity contribution in [3.8, 4) is 11.5 Å². The van der Waals surface area contributed by atoms with E-state index in [1.807, 2.05) is 18.2 Å². The van der Waals surface area contributed by atoms with Crippen LogP contribution in [0.4, 0.5) is 5.95 Å². The fourth-order valence-electron chi connectivity index (χ4n) is 2.53. The van der Waals surface area contributed by atoms with Crippen molar-refractivity contribution in [3.63, 3.8) is 0 Å². The first-order chi connectivity index (χ1) is 11.1. The molecular formula is C16H20N4O3. The molecule has 23 heavy (non-hydrogen) atoms. The second-order valence-electron chi connectivity index (χ2n) is 5.91. The van der Waals surface area contributed by atoms with E-state index in [0.717, 1.165) is 5.56 Å². The van der Waals surface area contributed by atoms with Crippen molar-refractivity contribution in [1.82, 2.24) is 14.8 Å². The Morgan fingerprint density at radius 2 is 2.22 bits per heavy atom. The van der Waals surface area contributed by atoms with Gasteiger partial charge in [-0.1, -0.05) is 19.9 Å². The monoisotopic (exact) mass is 316 g/mol. The van der Waals surface area contributed by atoms with Gasteiger partial charge in [0.1, 0.15) is 6.33 Å². The first kappa shape index (κ1) is 15.3. The summed E-state index contributed by atoms with van der Waals surface area (Å²) in [6, 6.07) is 5.51. The van der Waals surface area contributed by atoms with Crippen molar-refractivity contribution < 1.29 is 14.3 Å². The van der Waals surface area contributed by atoms with Crippen molar-refractivity contribution >= 4 is 11.9 Å². The molecule has 0 bridgehead atoms. The molecule has 0 fully saturated rings. The van der Waals surface area contributed by atoms with Crippen LogP contribution in [0.3, 0.4) is 0 Å². The number of hydrogen-bond acceptors (Lipinski definition) is 5. The molecular weight excluding hydrogens is 296 g/mol. The molecule has 0 aliphatic carbocycles. The zero-order valence-corrected chi connectivity index (χ0v) is 13.4. The molecule has 122 valence electrons. The quantitative estimate of drug-likeness (QED) is 0.915. The van der Waals surface area contributed by atoms with Crippen LogP contribution in [0.1, 0.15) is 31.9 Å². The van der Waals surface area contributed by atoms with Gasteiger partial charge in [0, 0.05) is 0 Å². The Labute approximate surface area is 134 Å². The topological polar surface area (TPSA) is 78.3 Å². The summed E-state index contributed by atoms with van der Waals surface area (Å²) in [7, 11) is 1.61. The smallest absolute Gasteiger partial charge is 0.229 e. The van der Waals surface area contributed by atoms with Crippen molar-refractivity contribution in [2.75, 3.05) is 19.0 Å². The van der Waals surface area contributed by atoms with Gasteiger partial charge in [0.2, 0.25) is 11.9 Å². The molecule has 3 rings (SSSR count). The van der Waals surface area contributed by atoms with Gasteiger partial charge in [-0.2, -0.15) is 10.1 Å². The lowest BCUT2D eigenvalue weighted by atomic mass is 10.0. The number of nitrogens with one attached hydrogen (secondary N) is 1. The lowest BCUT2D eigenvalue weighted by Crippen LogP contribution is -2.29. The van der Waals surface area contributed by atoms with E-state index >= 15 is 0 Å². The summed E-state index contributed by atoms with van der Waals surface area (Å²) in [5.41, 5.74) is 0.931. The van der Waals surface area contributed by atoms with Crippen LogP contribution in [0.15, 0.2) is 24.5 Å². The third-order valence-electron chi connectivity index (χ3n) is 3.64. The maximum absolute atomic E-state index is 11.9. The van der Waals surface area contributed by atoms with E-state index in [-0.39, 0.29) is 11.9 Å². The Morgan fingerprint density at radius 1 is 1.39 bits per heavy atom. The maximum atomic E-state index is 11.9. The van der Waals surface area contributed by atoms with Crippen molar-refractivity contribution in [2.24, 2.45) is 5.92 Å². The Balaban J connectivity index is 1.91. The first-order valence-corrected chi connectivity index (χ1v) is 7.58. The van der Waals surface area contributed by atoms with Crippen molar-refractivity contribution in [1.29, 1.82) is 0 Å². The summed E-state index contributed by atoms with van der Waals surface area (Å²) in [5.74, 6) is 2.17. The van der Waals surface area contributed by atoms with Crippen LogP contribution in [-0.2, 0) is 4.79 Å². The molecule has 0 radical (unpaired) electrons. The molecule has 1 aromatic heterocycles. The lowest BCUT2D eigenvalue weighted by molar-refractivity contribution is -0.117. The Kier molecular flexibility index (Phi) is 4.18. The van der Waals surface area contributed by atoms with Crippen LogP contribution in [0, 0.1) is 5.92 Å². The largest absolute Gasteiger partial charge is 0.493 e. The normalized spacial score (nSPS) is 16.9. The van der Waals surface area contributed by atoms with Gasteiger partial charge in [-0.3, -0.25) is 10.1 Å². The molecule has 0 saturated heterocycles. The average molecular weight is 316 g/mol. The van der Waals surface area contributed by atoms with Crippen LogP contribution in [0.5, 0.6) is 11.5 Å². The van der Waals surface area contributed by atoms with Crippen LogP contribution in [-0.4, -0.2) is 34.4 Å². The summed E-state index contributed by atoms with van der Waals surface area (Å²) in [4.78, 5) is 15.9. The van der Waals surface area contributed by atoms with E-state index < -0.39 is 0 Å². The van der Waals surface area contributed by atoms with E-state index in [2.05, 4.69) is 29.2 Å². The van der Waals surface area contributed by atoms with E-state index in [0.29, 0.717) is 36.4 Å². The van der Waals surface area contributed by atoms with Crippen LogP contribution in [0.25, 0.3) is 0 Å². The molecule has 7 heteroatoms. The van der Waals surface area contributed by atoms with Gasteiger partial charge in [0.05, 0.1) is 26.2 Å². The van der Waals surface area contributed by atoms with Gasteiger partial charge in [-0.25, -0.2) is 4.68 Å². The Bertz CT molecular complexity index is 711. The Morgan fingerprint density at radius 3 is 2.96 bits per heavy atom. The number of rotatable bonds is 5. The summed E-state index contributed by atoms with van der Waals surface area (Å²) < 4.78 is 12.9. The van der Waals surface area contributed by atoms with Crippen LogP contribution >= 0.6 is 0 Å². The molecule has 1 amide bonds. The molecule has 1 aliphatic rings. The highest BCUT2D eigenvalue weighted by Crippen LogP contribution is 2.35. The van der Waals surface area contributed by atoms with Crippen LogP contribution in [0.2, 0.25) is 0 Å². The minimum atomic E-state index is -0.200. The number of fused-ring (bicyclic) bond motifs is 1. The minimum Gasteiger partial charge on any atom is -0.493 e. The number of ether oxygens (including phenoxy) is 2. The SMILES string of the molecule is COc1cc([C@@H]2CC(=O)Nc3ncnn32)ccc1OCC(C)C. The fraction of sp³-hybridized carbons (Fsp3) is 0.438. The van der Waals surface area contributed by atoms with Gasteiger partial charge in [-0.15, -0.1) is 0 Å². The van der Waals surface area contributed by atoms with E-state index in [9.17, 15) is 4.79 Å². The second-order valence-corrected chi connectivity index (χ2v) is 5.91. The maximum Gasteiger partial charge on any atom is 0.229 e. The second kappa shape index (κ2) is 6.28. The number of amides is 1. The summed E-state index contributed by atoms with van der Waals surface area (Å²) in [5, 5.41) is 6.91. The van der Waals surface area contributed by atoms with E-state index in [4.69, 9.17) is 9.47 Å². The summed E-state index contributed by atoms with van der Waals surface area (Å²) in [6.45, 7) is 4.80. The lowest BCUT2D eigenvalue weighted by Gasteiger charge is -2.24. The van der Waals surface area contributed by atoms with Gasteiger partial charge in [0.15, 0.2) is 11.5 Å². The number of nitrogens with zero attached hydrogens (tertiary/aromatic N) is 3. The predicted molar refractivity (Wildman–Crippen MR) is 84.7 cm³/mol. The molecule has 1 aromatic carbocycles. The summed E-state index contributed by atoms with van der Waals surface area (Å²) in [6.07, 6.45) is 1.75. The average Bonchev–Trinajstić information content (AvgIpc) is 3.00. The molecule has 2 heterocycles. The first-order valence-electron chi connectivity index (χ1n) is 7.58. The highest BCUT2D eigenvalue weighted by Gasteiger charge is 2.28. The van der Waals surface area contributed by atoms with E-state index in [1.54, 1.807) is 11.8 Å². The number of benzene rings is 1. The number of aromatic nitrogens is 3. The Hall–Kier alpha value is -2.57. The summed E-state index contributed by atoms with van der Waals surface area (Å²) >= 11 is 0. The number of hydrogen-bond donors (Lipinski definition) is 1. The number of methoxy groups -OCH3 is 1. The molecule has 7 nitrogen and oxygen atoms in total. The highest BCUT2D eigenvalue weighted by atomic mass is 16.5. The number of carbonyl (C=O) groups is 1. The third kappa shape index (κ3) is 3.13. The zero-order valence-electron chi connectivity index (χ0n) is 13.4. The molecule has 0 unspecified atom stereocenters. The van der Waals surface area contributed by atoms with Crippen molar-refractivity contribution in [3.05, 3.63) is 30.1 Å². The minimum absolute atomic E-state index is 0.0744. The third-order valence-corrected chi connectivity index (χ3v) is 3.64. The standard InChI is InChI=1S/C16H20N4O3/c1-10(2)8-23-13-5-4-11(6-14(13)22-3)12-7-15(21)19-16-17-9-18-20(12)16/h4-6,9-10,12H,7-8H2,1-3H3,(H,17,18,19,21)/t12-/m0/s1. The van der Waals surface area contributed by atoms with Crippen LogP contribution < -0.4 is 14.8 Å². The number of anilines is 1. The fourth-order valence-corrected chi connectivity index (χ4v) is 2.53. The van der Waals surface area contributed by atoms with Gasteiger partial charge in [-0.05, 0) is 23.6 Å². The molecule has 0 spiro atoms. The molecule has 1 atom stereocenters. The van der Waals surface area contributed by atoms with E-state index in [1.165, 1.54) is 6.33 Å². The van der Waals surface area contributed by atoms with Gasteiger partial charge in [0.25, 0.3) is 0 Å². The van der Waals surface area contributed by atoms with Gasteiger partial charge < -0.3 is 9.47 Å². The van der Waals surface area contributed by atoms with Gasteiger partial charge >= 0.3 is 0 Å². The highest BCUT2D eigenvalue weighted by molar-refractivity contribution is 5.91. The number of carbonyl (C=O) groups excluding carboxylic acids is 1. The zero-order chi connectivity index (χ0) is 16.4. The predicted octanol–water partition coefficient (Wildman–Crippen LogP) is 2.25. The molecule has 1 aliphatic heterocycles. The molecule has 1 N–H and O–H groups in total.